The molecule has 2 heteroatoms. The van der Waals surface area contributed by atoms with Crippen LogP contribution in [0.2, 0.25) is 0 Å². The van der Waals surface area contributed by atoms with Crippen LogP contribution in [0, 0.1) is 18.3 Å². The molecule has 1 aromatic carbocycles. The average Bonchev–Trinajstić information content (AvgIpc) is 2.17. The lowest BCUT2D eigenvalue weighted by molar-refractivity contribution is 0.414. The monoisotopic (exact) mass is 173 g/mol. The van der Waals surface area contributed by atoms with E-state index in [2.05, 4.69) is 0 Å². The van der Waals surface area contributed by atoms with Gasteiger partial charge in [0.1, 0.15) is 5.75 Å². The molecule has 0 saturated heterocycles. The number of ether oxygens (including phenoxy) is 1. The van der Waals surface area contributed by atoms with Crippen LogP contribution in [0.15, 0.2) is 24.3 Å². The Bertz CT molecular complexity index is 361. The fourth-order valence-electron chi connectivity index (χ4n) is 1.05. The van der Waals surface area contributed by atoms with Crippen molar-refractivity contribution in [2.45, 2.75) is 6.92 Å². The lowest BCUT2D eigenvalue weighted by Gasteiger charge is -2.03. The summed E-state index contributed by atoms with van der Waals surface area (Å²) < 4.78 is 5.07. The molecule has 66 valence electrons. The second-order valence-electron chi connectivity index (χ2n) is 2.68. The molecule has 0 heterocycles. The zero-order valence-electron chi connectivity index (χ0n) is 7.74. The maximum absolute atomic E-state index is 8.38. The summed E-state index contributed by atoms with van der Waals surface area (Å²) in [6.07, 6.45) is 3.24. The van der Waals surface area contributed by atoms with Crippen molar-refractivity contribution in [3.05, 3.63) is 35.4 Å². The number of rotatable bonds is 2. The molecule has 0 radical (unpaired) electrons. The van der Waals surface area contributed by atoms with Gasteiger partial charge in [-0.3, -0.25) is 0 Å². The van der Waals surface area contributed by atoms with Gasteiger partial charge < -0.3 is 4.74 Å². The van der Waals surface area contributed by atoms with Crippen molar-refractivity contribution in [2.24, 2.45) is 0 Å². The first kappa shape index (κ1) is 9.34. The van der Waals surface area contributed by atoms with E-state index in [0.717, 1.165) is 16.9 Å². The van der Waals surface area contributed by atoms with Gasteiger partial charge in [-0.15, -0.1) is 0 Å². The highest BCUT2D eigenvalue weighted by Gasteiger charge is 1.96. The Balaban J connectivity index is 3.05. The third kappa shape index (κ3) is 2.34. The average molecular weight is 173 g/mol. The lowest BCUT2D eigenvalue weighted by atomic mass is 10.1. The van der Waals surface area contributed by atoms with E-state index >= 15 is 0 Å². The number of benzene rings is 1. The second-order valence-corrected chi connectivity index (χ2v) is 2.68. The first-order valence-electron chi connectivity index (χ1n) is 3.98. The molecular formula is C11H11NO. The molecule has 0 aliphatic rings. The van der Waals surface area contributed by atoms with Crippen molar-refractivity contribution in [3.63, 3.8) is 0 Å². The molecule has 0 saturated carbocycles. The fraction of sp³-hybridized carbons (Fsp3) is 0.182. The number of hydrogen-bond donors (Lipinski definition) is 0. The van der Waals surface area contributed by atoms with Crippen LogP contribution in [0.5, 0.6) is 5.75 Å². The highest BCUT2D eigenvalue weighted by molar-refractivity contribution is 5.57. The molecule has 0 aliphatic heterocycles. The zero-order chi connectivity index (χ0) is 9.68. The fourth-order valence-corrected chi connectivity index (χ4v) is 1.05. The molecule has 0 amide bonds. The molecule has 0 fully saturated rings. The Kier molecular flexibility index (Phi) is 3.10. The van der Waals surface area contributed by atoms with Gasteiger partial charge in [0.2, 0.25) is 0 Å². The zero-order valence-corrected chi connectivity index (χ0v) is 7.74. The molecule has 0 aromatic heterocycles. The summed E-state index contributed by atoms with van der Waals surface area (Å²) in [4.78, 5) is 0. The van der Waals surface area contributed by atoms with Gasteiger partial charge in [-0.2, -0.15) is 5.26 Å². The number of allylic oxidation sites excluding steroid dienone is 1. The summed E-state index contributed by atoms with van der Waals surface area (Å²) in [6.45, 7) is 2.00. The van der Waals surface area contributed by atoms with E-state index in [1.54, 1.807) is 13.2 Å². The maximum atomic E-state index is 8.38. The topological polar surface area (TPSA) is 33.0 Å². The van der Waals surface area contributed by atoms with Gasteiger partial charge in [0.25, 0.3) is 0 Å². The van der Waals surface area contributed by atoms with Crippen molar-refractivity contribution in [1.82, 2.24) is 0 Å². The molecule has 1 rings (SSSR count). The van der Waals surface area contributed by atoms with Gasteiger partial charge in [-0.05, 0) is 36.3 Å². The van der Waals surface area contributed by atoms with Gasteiger partial charge in [0.15, 0.2) is 0 Å². The summed E-state index contributed by atoms with van der Waals surface area (Å²) in [6, 6.07) is 7.74. The largest absolute Gasteiger partial charge is 0.497 e. The Morgan fingerprint density at radius 3 is 2.85 bits per heavy atom. The van der Waals surface area contributed by atoms with Crippen LogP contribution in [0.1, 0.15) is 11.1 Å². The second kappa shape index (κ2) is 4.32. The first-order chi connectivity index (χ1) is 6.27. The van der Waals surface area contributed by atoms with Crippen LogP contribution in [0.25, 0.3) is 6.08 Å². The Morgan fingerprint density at radius 1 is 1.46 bits per heavy atom. The van der Waals surface area contributed by atoms with Gasteiger partial charge >= 0.3 is 0 Å². The molecule has 2 nitrogen and oxygen atoms in total. The van der Waals surface area contributed by atoms with E-state index in [0.29, 0.717) is 0 Å². The highest BCUT2D eigenvalue weighted by Crippen LogP contribution is 2.17. The van der Waals surface area contributed by atoms with Gasteiger partial charge in [-0.25, -0.2) is 0 Å². The van der Waals surface area contributed by atoms with E-state index in [4.69, 9.17) is 10.00 Å². The first-order valence-corrected chi connectivity index (χ1v) is 3.98. The Hall–Kier alpha value is -1.75. The predicted octanol–water partition coefficient (Wildman–Crippen LogP) is 2.54. The summed E-state index contributed by atoms with van der Waals surface area (Å²) >= 11 is 0. The van der Waals surface area contributed by atoms with E-state index in [1.165, 1.54) is 6.08 Å². The number of methoxy groups -OCH3 is 1. The lowest BCUT2D eigenvalue weighted by Crippen LogP contribution is -1.85. The van der Waals surface area contributed by atoms with E-state index in [-0.39, 0.29) is 0 Å². The molecule has 0 atom stereocenters. The minimum Gasteiger partial charge on any atom is -0.497 e. The van der Waals surface area contributed by atoms with Crippen molar-refractivity contribution in [1.29, 1.82) is 5.26 Å². The van der Waals surface area contributed by atoms with Crippen LogP contribution in [0.4, 0.5) is 0 Å². The maximum Gasteiger partial charge on any atom is 0.119 e. The van der Waals surface area contributed by atoms with E-state index in [9.17, 15) is 0 Å². The van der Waals surface area contributed by atoms with Crippen molar-refractivity contribution < 1.29 is 4.74 Å². The van der Waals surface area contributed by atoms with Crippen LogP contribution in [-0.2, 0) is 0 Å². The number of hydrogen-bond acceptors (Lipinski definition) is 2. The summed E-state index contributed by atoms with van der Waals surface area (Å²) in [5, 5.41) is 8.38. The van der Waals surface area contributed by atoms with Crippen LogP contribution in [-0.4, -0.2) is 7.11 Å². The molecule has 0 spiro atoms. The number of aryl methyl sites for hydroxylation is 1. The molecule has 0 bridgehead atoms. The minimum atomic E-state index is 0.809. The van der Waals surface area contributed by atoms with Crippen LogP contribution >= 0.6 is 0 Å². The smallest absolute Gasteiger partial charge is 0.119 e. The quantitative estimate of drug-likeness (QED) is 0.644. The molecule has 0 aliphatic carbocycles. The molecule has 1 aromatic rings. The molecule has 0 unspecified atom stereocenters. The number of nitriles is 1. The van der Waals surface area contributed by atoms with Gasteiger partial charge in [0, 0.05) is 6.08 Å². The van der Waals surface area contributed by atoms with Crippen LogP contribution < -0.4 is 4.74 Å². The summed E-state index contributed by atoms with van der Waals surface area (Å²) in [7, 11) is 1.63. The third-order valence-corrected chi connectivity index (χ3v) is 1.82. The van der Waals surface area contributed by atoms with Gasteiger partial charge in [-0.1, -0.05) is 6.07 Å². The van der Waals surface area contributed by atoms with Crippen molar-refractivity contribution in [3.8, 4) is 11.8 Å². The third-order valence-electron chi connectivity index (χ3n) is 1.82. The van der Waals surface area contributed by atoms with Crippen molar-refractivity contribution >= 4 is 6.08 Å². The Labute approximate surface area is 78.1 Å². The normalized spacial score (nSPS) is 9.92. The molecular weight excluding hydrogens is 162 g/mol. The van der Waals surface area contributed by atoms with Crippen LogP contribution in [0.3, 0.4) is 0 Å². The van der Waals surface area contributed by atoms with E-state index < -0.39 is 0 Å². The summed E-state index contributed by atoms with van der Waals surface area (Å²) in [5.41, 5.74) is 2.15. The predicted molar refractivity (Wildman–Crippen MR) is 52.4 cm³/mol. The standard InChI is InChI=1S/C11H11NO/c1-9-5-6-11(13-2)8-10(9)4-3-7-12/h3-6,8H,1-2H3. The SMILES string of the molecule is COc1ccc(C)c(C=CC#N)c1. The number of nitrogens with zero attached hydrogens (tertiary/aromatic N) is 1. The van der Waals surface area contributed by atoms with Crippen molar-refractivity contribution in [2.75, 3.05) is 7.11 Å². The van der Waals surface area contributed by atoms with Gasteiger partial charge in [0.05, 0.1) is 13.2 Å². The summed E-state index contributed by atoms with van der Waals surface area (Å²) in [5.74, 6) is 0.809. The highest BCUT2D eigenvalue weighted by atomic mass is 16.5. The van der Waals surface area contributed by atoms with E-state index in [1.807, 2.05) is 31.2 Å². The Morgan fingerprint density at radius 2 is 2.23 bits per heavy atom. The minimum absolute atomic E-state index is 0.809. The molecule has 13 heavy (non-hydrogen) atoms. The molecule has 0 N–H and O–H groups in total.